The van der Waals surface area contributed by atoms with E-state index < -0.39 is 0 Å². The Morgan fingerprint density at radius 1 is 0.962 bits per heavy atom. The third-order valence-electron chi connectivity index (χ3n) is 4.41. The van der Waals surface area contributed by atoms with Crippen LogP contribution in [0.3, 0.4) is 0 Å². The lowest BCUT2D eigenvalue weighted by atomic mass is 10.0. The molecule has 0 radical (unpaired) electrons. The third kappa shape index (κ3) is 2.18. The summed E-state index contributed by atoms with van der Waals surface area (Å²) in [7, 11) is 0. The minimum atomic E-state index is 0.0256. The number of phenolic OH excluding ortho intramolecular Hbond substituents is 2. The van der Waals surface area contributed by atoms with Crippen molar-refractivity contribution in [2.75, 3.05) is 0 Å². The van der Waals surface area contributed by atoms with E-state index in [0.29, 0.717) is 11.4 Å². The van der Waals surface area contributed by atoms with Gasteiger partial charge in [0.1, 0.15) is 28.2 Å². The molecular formula is C19H14N5O2+. The number of benzene rings is 2. The van der Waals surface area contributed by atoms with Gasteiger partial charge in [0, 0.05) is 23.1 Å². The van der Waals surface area contributed by atoms with Gasteiger partial charge in [-0.05, 0) is 29.8 Å². The van der Waals surface area contributed by atoms with E-state index in [-0.39, 0.29) is 11.5 Å². The molecule has 7 heteroatoms. The fraction of sp³-hybridized carbons (Fsp3) is 0. The van der Waals surface area contributed by atoms with Crippen molar-refractivity contribution in [3.8, 4) is 34.1 Å². The highest BCUT2D eigenvalue weighted by molar-refractivity contribution is 5.95. The van der Waals surface area contributed by atoms with E-state index in [1.807, 2.05) is 36.7 Å². The van der Waals surface area contributed by atoms with Crippen LogP contribution in [0.5, 0.6) is 11.5 Å². The van der Waals surface area contributed by atoms with Gasteiger partial charge in [-0.25, -0.2) is 9.97 Å². The zero-order valence-electron chi connectivity index (χ0n) is 13.5. The van der Waals surface area contributed by atoms with E-state index in [1.54, 1.807) is 12.1 Å². The number of nitrogens with zero attached hydrogens (tertiary/aromatic N) is 2. The van der Waals surface area contributed by atoms with Gasteiger partial charge in [-0.2, -0.15) is 5.10 Å². The molecule has 0 fully saturated rings. The van der Waals surface area contributed by atoms with E-state index in [0.717, 1.165) is 33.2 Å². The lowest BCUT2D eigenvalue weighted by Gasteiger charge is -2.05. The second-order valence-electron chi connectivity index (χ2n) is 6.06. The van der Waals surface area contributed by atoms with Gasteiger partial charge in [-0.3, -0.25) is 5.10 Å². The Morgan fingerprint density at radius 3 is 2.73 bits per heavy atom. The molecule has 5 aromatic rings. The number of aromatic hydroxyl groups is 2. The highest BCUT2D eigenvalue weighted by Crippen LogP contribution is 2.35. The molecule has 0 saturated carbocycles. The van der Waals surface area contributed by atoms with Crippen molar-refractivity contribution >= 4 is 21.9 Å². The quantitative estimate of drug-likeness (QED) is 0.394. The summed E-state index contributed by atoms with van der Waals surface area (Å²) in [6, 6.07) is 12.2. The summed E-state index contributed by atoms with van der Waals surface area (Å²) in [5.41, 5.74) is 4.80. The number of fused-ring (bicyclic) bond motifs is 2. The topological polar surface area (TPSA) is 112 Å². The molecule has 0 saturated heterocycles. The minimum Gasteiger partial charge on any atom is -0.508 e. The lowest BCUT2D eigenvalue weighted by molar-refractivity contribution is -0.376. The first kappa shape index (κ1) is 14.5. The molecule has 5 N–H and O–H groups in total. The number of hydrogen-bond acceptors (Lipinski definition) is 4. The summed E-state index contributed by atoms with van der Waals surface area (Å²) in [4.78, 5) is 10.9. The fourth-order valence-electron chi connectivity index (χ4n) is 3.14. The van der Waals surface area contributed by atoms with Crippen molar-refractivity contribution in [3.63, 3.8) is 0 Å². The summed E-state index contributed by atoms with van der Waals surface area (Å²) in [5.74, 6) is 0.738. The van der Waals surface area contributed by atoms with Gasteiger partial charge in [-0.1, -0.05) is 6.07 Å². The van der Waals surface area contributed by atoms with Gasteiger partial charge in [0.15, 0.2) is 18.2 Å². The Labute approximate surface area is 147 Å². The number of phenols is 2. The van der Waals surface area contributed by atoms with Crippen molar-refractivity contribution in [3.05, 3.63) is 54.9 Å². The number of pyridine rings is 1. The molecule has 0 amide bonds. The molecule has 26 heavy (non-hydrogen) atoms. The molecule has 7 nitrogen and oxygen atoms in total. The summed E-state index contributed by atoms with van der Waals surface area (Å²) in [5, 5.41) is 27.9. The normalized spacial score (nSPS) is 11.4. The number of nitrogens with one attached hydrogen (secondary N) is 3. The second-order valence-corrected chi connectivity index (χ2v) is 6.06. The van der Waals surface area contributed by atoms with Crippen molar-refractivity contribution < 1.29 is 15.2 Å². The van der Waals surface area contributed by atoms with Crippen molar-refractivity contribution in [1.82, 2.24) is 20.2 Å². The van der Waals surface area contributed by atoms with Crippen LogP contribution in [0.15, 0.2) is 54.9 Å². The maximum atomic E-state index is 10.1. The third-order valence-corrected chi connectivity index (χ3v) is 4.41. The summed E-state index contributed by atoms with van der Waals surface area (Å²) >= 11 is 0. The van der Waals surface area contributed by atoms with Gasteiger partial charge in [0.25, 0.3) is 0 Å². The van der Waals surface area contributed by atoms with Crippen LogP contribution in [0.2, 0.25) is 0 Å². The van der Waals surface area contributed by atoms with Crippen LogP contribution in [-0.4, -0.2) is 30.4 Å². The second kappa shape index (κ2) is 5.32. The molecule has 0 atom stereocenters. The molecule has 2 aromatic carbocycles. The fourth-order valence-corrected chi connectivity index (χ4v) is 3.14. The molecule has 0 unspecified atom stereocenters. The Kier molecular flexibility index (Phi) is 2.96. The summed E-state index contributed by atoms with van der Waals surface area (Å²) in [6.07, 6.45) is 3.68. The van der Waals surface area contributed by atoms with Crippen molar-refractivity contribution in [1.29, 1.82) is 0 Å². The Hall–Kier alpha value is -3.87. The SMILES string of the molecule is Oc1ccc(-c2ccc3c(-c4nc5cc[nH+]cc5[nH]4)n[nH]c3c2)c(O)c1. The van der Waals surface area contributed by atoms with Crippen LogP contribution in [0.25, 0.3) is 44.6 Å². The lowest BCUT2D eigenvalue weighted by Crippen LogP contribution is -1.96. The number of aromatic amines is 3. The first-order chi connectivity index (χ1) is 12.7. The van der Waals surface area contributed by atoms with E-state index >= 15 is 0 Å². The molecule has 0 spiro atoms. The maximum absolute atomic E-state index is 10.1. The Morgan fingerprint density at radius 2 is 1.88 bits per heavy atom. The number of aromatic nitrogens is 5. The van der Waals surface area contributed by atoms with Crippen LogP contribution in [0, 0.1) is 0 Å². The predicted octanol–water partition coefficient (Wildman–Crippen LogP) is 3.00. The van der Waals surface area contributed by atoms with Gasteiger partial charge in [-0.15, -0.1) is 0 Å². The predicted molar refractivity (Wildman–Crippen MR) is 96.5 cm³/mol. The van der Waals surface area contributed by atoms with Gasteiger partial charge in [0.2, 0.25) is 0 Å². The molecule has 0 aliphatic carbocycles. The Balaban J connectivity index is 1.63. The Bertz CT molecular complexity index is 1240. The zero-order valence-corrected chi connectivity index (χ0v) is 13.5. The van der Waals surface area contributed by atoms with E-state index in [9.17, 15) is 10.2 Å². The first-order valence-electron chi connectivity index (χ1n) is 8.06. The standard InChI is InChI=1S/C19H13N5O2/c25-11-2-4-12(17(26)8-11)10-1-3-13-15(7-10)23-24-18(13)19-21-14-5-6-20-9-16(14)22-19/h1-9,25-26H,(H,21,22)(H,23,24)/p+1. The molecule has 0 aliphatic rings. The first-order valence-corrected chi connectivity index (χ1v) is 8.06. The molecule has 0 aliphatic heterocycles. The number of H-pyrrole nitrogens is 3. The average Bonchev–Trinajstić information content (AvgIpc) is 3.24. The molecule has 3 aromatic heterocycles. The van der Waals surface area contributed by atoms with Crippen LogP contribution >= 0.6 is 0 Å². The minimum absolute atomic E-state index is 0.0256. The molecule has 5 rings (SSSR count). The highest BCUT2D eigenvalue weighted by atomic mass is 16.3. The summed E-state index contributed by atoms with van der Waals surface area (Å²) in [6.45, 7) is 0. The molecule has 0 bridgehead atoms. The highest BCUT2D eigenvalue weighted by Gasteiger charge is 2.14. The van der Waals surface area contributed by atoms with Crippen molar-refractivity contribution in [2.45, 2.75) is 0 Å². The molecular weight excluding hydrogens is 330 g/mol. The van der Waals surface area contributed by atoms with E-state index in [2.05, 4.69) is 25.1 Å². The number of rotatable bonds is 2. The van der Waals surface area contributed by atoms with E-state index in [4.69, 9.17) is 0 Å². The van der Waals surface area contributed by atoms with Crippen molar-refractivity contribution in [2.24, 2.45) is 0 Å². The van der Waals surface area contributed by atoms with Crippen LogP contribution < -0.4 is 4.98 Å². The molecule has 3 heterocycles. The van der Waals surface area contributed by atoms with Crippen LogP contribution in [-0.2, 0) is 0 Å². The van der Waals surface area contributed by atoms with Crippen LogP contribution in [0.1, 0.15) is 0 Å². The monoisotopic (exact) mass is 344 g/mol. The van der Waals surface area contributed by atoms with E-state index in [1.165, 1.54) is 6.07 Å². The zero-order chi connectivity index (χ0) is 17.7. The summed E-state index contributed by atoms with van der Waals surface area (Å²) < 4.78 is 0. The smallest absolute Gasteiger partial charge is 0.193 e. The molecule has 126 valence electrons. The largest absolute Gasteiger partial charge is 0.508 e. The van der Waals surface area contributed by atoms with Gasteiger partial charge >= 0.3 is 0 Å². The van der Waals surface area contributed by atoms with Crippen LogP contribution in [0.4, 0.5) is 0 Å². The van der Waals surface area contributed by atoms with Gasteiger partial charge < -0.3 is 15.2 Å². The van der Waals surface area contributed by atoms with Gasteiger partial charge in [0.05, 0.1) is 5.52 Å². The number of hydrogen-bond donors (Lipinski definition) is 4. The maximum Gasteiger partial charge on any atom is 0.193 e. The average molecular weight is 344 g/mol. The number of imidazole rings is 1.